The third kappa shape index (κ3) is 2.76. The van der Waals surface area contributed by atoms with Gasteiger partial charge in [0, 0.05) is 6.04 Å². The van der Waals surface area contributed by atoms with E-state index in [2.05, 4.69) is 13.8 Å². The van der Waals surface area contributed by atoms with Crippen molar-refractivity contribution in [2.75, 3.05) is 0 Å². The minimum atomic E-state index is -0.471. The lowest BCUT2D eigenvalue weighted by Crippen LogP contribution is -2.49. The van der Waals surface area contributed by atoms with Gasteiger partial charge in [-0.15, -0.1) is 0 Å². The molecule has 1 aliphatic carbocycles. The van der Waals surface area contributed by atoms with E-state index in [1.807, 2.05) is 13.8 Å². The molecule has 0 aliphatic heterocycles. The molecule has 3 atom stereocenters. The van der Waals surface area contributed by atoms with E-state index in [0.29, 0.717) is 5.92 Å². The summed E-state index contributed by atoms with van der Waals surface area (Å²) in [5.74, 6) is 0.244. The summed E-state index contributed by atoms with van der Waals surface area (Å²) in [6.07, 6.45) is 3.97. The number of esters is 1. The molecule has 2 N–H and O–H groups in total. The number of rotatable bonds is 3. The zero-order chi connectivity index (χ0) is 12.3. The average molecular weight is 227 g/mol. The van der Waals surface area contributed by atoms with Gasteiger partial charge in [-0.1, -0.05) is 26.7 Å². The minimum Gasteiger partial charge on any atom is -0.462 e. The fraction of sp³-hybridized carbons (Fsp3) is 0.923. The monoisotopic (exact) mass is 227 g/mol. The van der Waals surface area contributed by atoms with Crippen molar-refractivity contribution in [3.63, 3.8) is 0 Å². The van der Waals surface area contributed by atoms with E-state index < -0.39 is 5.41 Å². The highest BCUT2D eigenvalue weighted by molar-refractivity contribution is 5.77. The number of ether oxygens (including phenoxy) is 1. The Morgan fingerprint density at radius 1 is 1.38 bits per heavy atom. The van der Waals surface area contributed by atoms with Gasteiger partial charge in [-0.25, -0.2) is 0 Å². The van der Waals surface area contributed by atoms with Crippen LogP contribution in [0.3, 0.4) is 0 Å². The third-order valence-corrected chi connectivity index (χ3v) is 3.98. The van der Waals surface area contributed by atoms with Crippen molar-refractivity contribution >= 4 is 5.97 Å². The van der Waals surface area contributed by atoms with Crippen molar-refractivity contribution in [1.82, 2.24) is 0 Å². The predicted molar refractivity (Wildman–Crippen MR) is 64.9 cm³/mol. The van der Waals surface area contributed by atoms with Gasteiger partial charge in [0.25, 0.3) is 0 Å². The van der Waals surface area contributed by atoms with Gasteiger partial charge in [0.05, 0.1) is 5.41 Å². The van der Waals surface area contributed by atoms with E-state index in [4.69, 9.17) is 10.5 Å². The van der Waals surface area contributed by atoms with Gasteiger partial charge < -0.3 is 10.5 Å². The van der Waals surface area contributed by atoms with Crippen LogP contribution in [0.4, 0.5) is 0 Å². The smallest absolute Gasteiger partial charge is 0.313 e. The van der Waals surface area contributed by atoms with Gasteiger partial charge in [-0.2, -0.15) is 0 Å². The van der Waals surface area contributed by atoms with Crippen LogP contribution in [0.15, 0.2) is 0 Å². The van der Waals surface area contributed by atoms with Gasteiger partial charge in [0.2, 0.25) is 0 Å². The largest absolute Gasteiger partial charge is 0.462 e. The van der Waals surface area contributed by atoms with Crippen molar-refractivity contribution in [1.29, 1.82) is 0 Å². The van der Waals surface area contributed by atoms with E-state index in [9.17, 15) is 4.79 Å². The lowest BCUT2D eigenvalue weighted by Gasteiger charge is -2.38. The summed E-state index contributed by atoms with van der Waals surface area (Å²) < 4.78 is 5.51. The molecule has 1 rings (SSSR count). The Kier molecular flexibility index (Phi) is 4.36. The summed E-state index contributed by atoms with van der Waals surface area (Å²) in [4.78, 5) is 12.1. The zero-order valence-electron chi connectivity index (χ0n) is 11.0. The molecule has 1 fully saturated rings. The van der Waals surface area contributed by atoms with Crippen molar-refractivity contribution in [2.45, 2.75) is 65.5 Å². The lowest BCUT2D eigenvalue weighted by atomic mass is 9.72. The van der Waals surface area contributed by atoms with Crippen LogP contribution in [0.1, 0.15) is 53.4 Å². The molecule has 0 bridgehead atoms. The Bertz CT molecular complexity index is 252. The van der Waals surface area contributed by atoms with E-state index >= 15 is 0 Å². The van der Waals surface area contributed by atoms with E-state index in [0.717, 1.165) is 25.7 Å². The summed E-state index contributed by atoms with van der Waals surface area (Å²) >= 11 is 0. The molecule has 3 nitrogen and oxygen atoms in total. The second kappa shape index (κ2) is 5.17. The Balaban J connectivity index is 2.64. The first-order chi connectivity index (χ1) is 7.38. The number of hydrogen-bond acceptors (Lipinski definition) is 3. The standard InChI is InChI=1S/C13H25NO2/c1-9(2)10(3)16-12(15)13(4)8-6-5-7-11(13)14/h9-11H,5-8,14H2,1-4H3. The van der Waals surface area contributed by atoms with Gasteiger partial charge >= 0.3 is 5.97 Å². The van der Waals surface area contributed by atoms with Gasteiger partial charge in [0.1, 0.15) is 6.10 Å². The first-order valence-electron chi connectivity index (χ1n) is 6.34. The molecule has 1 aliphatic rings. The van der Waals surface area contributed by atoms with Crippen LogP contribution in [-0.4, -0.2) is 18.1 Å². The number of carbonyl (C=O) groups is 1. The fourth-order valence-corrected chi connectivity index (χ4v) is 2.05. The molecule has 94 valence electrons. The second-order valence-corrected chi connectivity index (χ2v) is 5.62. The molecular formula is C13H25NO2. The average Bonchev–Trinajstić information content (AvgIpc) is 2.22. The van der Waals surface area contributed by atoms with Crippen LogP contribution >= 0.6 is 0 Å². The Labute approximate surface area is 98.7 Å². The van der Waals surface area contributed by atoms with Crippen molar-refractivity contribution in [3.8, 4) is 0 Å². The molecule has 0 saturated heterocycles. The van der Waals surface area contributed by atoms with Gasteiger partial charge in [-0.3, -0.25) is 4.79 Å². The first kappa shape index (κ1) is 13.5. The summed E-state index contributed by atoms with van der Waals surface area (Å²) in [6, 6.07) is -0.0480. The molecule has 0 spiro atoms. The Morgan fingerprint density at radius 2 is 2.00 bits per heavy atom. The fourth-order valence-electron chi connectivity index (χ4n) is 2.05. The van der Waals surface area contributed by atoms with Crippen LogP contribution < -0.4 is 5.73 Å². The number of carbonyl (C=O) groups excluding carboxylic acids is 1. The lowest BCUT2D eigenvalue weighted by molar-refractivity contribution is -0.164. The third-order valence-electron chi connectivity index (χ3n) is 3.98. The molecule has 3 heteroatoms. The summed E-state index contributed by atoms with van der Waals surface area (Å²) in [7, 11) is 0. The Morgan fingerprint density at radius 3 is 2.50 bits per heavy atom. The summed E-state index contributed by atoms with van der Waals surface area (Å²) in [5, 5.41) is 0. The summed E-state index contributed by atoms with van der Waals surface area (Å²) in [6.45, 7) is 8.01. The van der Waals surface area contributed by atoms with Crippen LogP contribution in [0.5, 0.6) is 0 Å². The number of nitrogens with two attached hydrogens (primary N) is 1. The van der Waals surface area contributed by atoms with Crippen LogP contribution in [-0.2, 0) is 9.53 Å². The molecular weight excluding hydrogens is 202 g/mol. The molecule has 16 heavy (non-hydrogen) atoms. The topological polar surface area (TPSA) is 52.3 Å². The normalized spacial score (nSPS) is 32.5. The van der Waals surface area contributed by atoms with Crippen LogP contribution in [0.25, 0.3) is 0 Å². The number of hydrogen-bond donors (Lipinski definition) is 1. The van der Waals surface area contributed by atoms with Crippen LogP contribution in [0, 0.1) is 11.3 Å². The minimum absolute atomic E-state index is 0.0292. The second-order valence-electron chi connectivity index (χ2n) is 5.62. The molecule has 0 heterocycles. The maximum absolute atomic E-state index is 12.1. The molecule has 0 amide bonds. The molecule has 0 aromatic heterocycles. The van der Waals surface area contributed by atoms with Crippen molar-refractivity contribution in [3.05, 3.63) is 0 Å². The van der Waals surface area contributed by atoms with Gasteiger partial charge in [-0.05, 0) is 32.6 Å². The molecule has 0 aromatic rings. The predicted octanol–water partition coefficient (Wildman–Crippen LogP) is 2.48. The Hall–Kier alpha value is -0.570. The molecule has 1 saturated carbocycles. The highest BCUT2D eigenvalue weighted by Crippen LogP contribution is 2.36. The summed E-state index contributed by atoms with van der Waals surface area (Å²) in [5.41, 5.74) is 5.59. The highest BCUT2D eigenvalue weighted by Gasteiger charge is 2.43. The van der Waals surface area contributed by atoms with Gasteiger partial charge in [0.15, 0.2) is 0 Å². The van der Waals surface area contributed by atoms with Crippen LogP contribution in [0.2, 0.25) is 0 Å². The first-order valence-corrected chi connectivity index (χ1v) is 6.34. The van der Waals surface area contributed by atoms with E-state index in [1.165, 1.54) is 0 Å². The van der Waals surface area contributed by atoms with E-state index in [1.54, 1.807) is 0 Å². The molecule has 0 radical (unpaired) electrons. The van der Waals surface area contributed by atoms with Crippen molar-refractivity contribution < 1.29 is 9.53 Å². The maximum atomic E-state index is 12.1. The zero-order valence-corrected chi connectivity index (χ0v) is 11.0. The molecule has 3 unspecified atom stereocenters. The molecule has 0 aromatic carbocycles. The van der Waals surface area contributed by atoms with Crippen molar-refractivity contribution in [2.24, 2.45) is 17.1 Å². The SMILES string of the molecule is CC(C)C(C)OC(=O)C1(C)CCCCC1N. The highest BCUT2D eigenvalue weighted by atomic mass is 16.5. The maximum Gasteiger partial charge on any atom is 0.313 e. The van der Waals surface area contributed by atoms with E-state index in [-0.39, 0.29) is 18.1 Å². The quantitative estimate of drug-likeness (QED) is 0.754.